The monoisotopic (exact) mass is 317 g/mol. The Morgan fingerprint density at radius 2 is 1.27 bits per heavy atom. The van der Waals surface area contributed by atoms with Crippen molar-refractivity contribution in [2.45, 2.75) is 18.4 Å². The van der Waals surface area contributed by atoms with Crippen LogP contribution in [0.2, 0.25) is 0 Å². The van der Waals surface area contributed by atoms with Crippen LogP contribution in [0.15, 0.2) is 60.7 Å². The second-order valence-corrected chi connectivity index (χ2v) is 6.23. The number of aliphatic hydroxyl groups is 1. The smallest absolute Gasteiger partial charge is 0.118 e. The molecule has 0 saturated carbocycles. The molecule has 0 aliphatic carbocycles. The number of hydrogen-bond donors (Lipinski definition) is 2. The van der Waals surface area contributed by atoms with Gasteiger partial charge in [0, 0.05) is 18.8 Å². The van der Waals surface area contributed by atoms with Crippen molar-refractivity contribution in [3.05, 3.63) is 71.8 Å². The molecule has 0 aromatic heterocycles. The first-order chi connectivity index (χ1) is 10.2. The molecule has 3 heteroatoms. The van der Waals surface area contributed by atoms with E-state index in [0.29, 0.717) is 0 Å². The van der Waals surface area contributed by atoms with Gasteiger partial charge in [-0.05, 0) is 11.1 Å². The molecule has 0 radical (unpaired) electrons. The minimum absolute atomic E-state index is 0. The minimum Gasteiger partial charge on any atom is -1.00 e. The first kappa shape index (κ1) is 17.0. The lowest BCUT2D eigenvalue weighted by Gasteiger charge is -2.40. The molecule has 3 rings (SSSR count). The van der Waals surface area contributed by atoms with E-state index in [1.807, 2.05) is 36.4 Å². The highest BCUT2D eigenvalue weighted by Crippen LogP contribution is 2.40. The van der Waals surface area contributed by atoms with Crippen molar-refractivity contribution in [3.63, 3.8) is 0 Å². The van der Waals surface area contributed by atoms with Gasteiger partial charge in [0.2, 0.25) is 0 Å². The van der Waals surface area contributed by atoms with E-state index in [-0.39, 0.29) is 18.3 Å². The topological polar surface area (TPSA) is 24.7 Å². The van der Waals surface area contributed by atoms with Crippen LogP contribution in [0.1, 0.15) is 24.0 Å². The second-order valence-electron chi connectivity index (χ2n) is 6.23. The maximum absolute atomic E-state index is 11.7. The summed E-state index contributed by atoms with van der Waals surface area (Å²) in [5, 5.41) is 11.7. The molecule has 0 unspecified atom stereocenters. The van der Waals surface area contributed by atoms with Gasteiger partial charge in [-0.2, -0.15) is 0 Å². The molecule has 0 atom stereocenters. The van der Waals surface area contributed by atoms with Gasteiger partial charge >= 0.3 is 0 Å². The highest BCUT2D eigenvalue weighted by Gasteiger charge is 2.42. The van der Waals surface area contributed by atoms with E-state index in [0.717, 1.165) is 37.1 Å². The molecule has 1 heterocycles. The first-order valence-corrected chi connectivity index (χ1v) is 7.86. The van der Waals surface area contributed by atoms with Crippen LogP contribution in [0.4, 0.5) is 0 Å². The summed E-state index contributed by atoms with van der Waals surface area (Å²) in [7, 11) is 2.24. The number of hydrogen-bond acceptors (Lipinski definition) is 1. The summed E-state index contributed by atoms with van der Waals surface area (Å²) in [6, 6.07) is 20.3. The Bertz CT molecular complexity index is 525. The van der Waals surface area contributed by atoms with Crippen LogP contribution < -0.4 is 17.3 Å². The fourth-order valence-electron chi connectivity index (χ4n) is 3.55. The molecule has 0 amide bonds. The zero-order valence-electron chi connectivity index (χ0n) is 13.0. The van der Waals surface area contributed by atoms with E-state index in [2.05, 4.69) is 31.3 Å². The summed E-state index contributed by atoms with van der Waals surface area (Å²) in [4.78, 5) is 1.56. The molecule has 22 heavy (non-hydrogen) atoms. The standard InChI is InChI=1S/C19H23NO.ClH/c1-20-14-12-18(13-15-20)19(21,16-8-4-2-5-9-16)17-10-6-3-7-11-17;/h2-11,18,21H,12-15H2,1H3;1H. The maximum atomic E-state index is 11.7. The van der Waals surface area contributed by atoms with Crippen LogP contribution in [-0.2, 0) is 5.60 Å². The van der Waals surface area contributed by atoms with Gasteiger partial charge in [-0.15, -0.1) is 0 Å². The Balaban J connectivity index is 0.00000176. The molecule has 2 aromatic rings. The third kappa shape index (κ3) is 3.19. The van der Waals surface area contributed by atoms with Crippen molar-refractivity contribution < 1.29 is 22.4 Å². The number of rotatable bonds is 3. The quantitative estimate of drug-likeness (QED) is 0.734. The number of likely N-dealkylation sites (tertiary alicyclic amines) is 1. The molecule has 118 valence electrons. The molecular formula is C19H24ClNO. The first-order valence-electron chi connectivity index (χ1n) is 7.86. The van der Waals surface area contributed by atoms with Crippen LogP contribution in [0.3, 0.4) is 0 Å². The minimum atomic E-state index is -0.872. The molecule has 0 spiro atoms. The molecule has 0 bridgehead atoms. The average Bonchev–Trinajstić information content (AvgIpc) is 2.56. The van der Waals surface area contributed by atoms with Gasteiger partial charge in [0.25, 0.3) is 0 Å². The van der Waals surface area contributed by atoms with Gasteiger partial charge in [-0.3, -0.25) is 0 Å². The highest BCUT2D eigenvalue weighted by atomic mass is 35.5. The fraction of sp³-hybridized carbons (Fsp3) is 0.368. The lowest BCUT2D eigenvalue weighted by atomic mass is 9.72. The van der Waals surface area contributed by atoms with E-state index in [9.17, 15) is 5.11 Å². The molecule has 2 aromatic carbocycles. The van der Waals surface area contributed by atoms with E-state index in [4.69, 9.17) is 0 Å². The van der Waals surface area contributed by atoms with Crippen molar-refractivity contribution in [2.75, 3.05) is 20.1 Å². The van der Waals surface area contributed by atoms with E-state index < -0.39 is 5.60 Å². The Labute approximate surface area is 139 Å². The summed E-state index contributed by atoms with van der Waals surface area (Å²) in [6.45, 7) is 2.26. The highest BCUT2D eigenvalue weighted by molar-refractivity contribution is 5.37. The van der Waals surface area contributed by atoms with Gasteiger partial charge in [0.05, 0.1) is 20.1 Å². The SMILES string of the molecule is C[NH+]1CCC(C(O)(c2ccccc2)c2ccccc2)CC1.[Cl-]. The van der Waals surface area contributed by atoms with Crippen molar-refractivity contribution in [3.8, 4) is 0 Å². The molecule has 1 saturated heterocycles. The third-order valence-corrected chi connectivity index (χ3v) is 4.86. The maximum Gasteiger partial charge on any atom is 0.118 e. The third-order valence-electron chi connectivity index (χ3n) is 4.86. The Kier molecular flexibility index (Phi) is 5.63. The summed E-state index contributed by atoms with van der Waals surface area (Å²) in [6.07, 6.45) is 2.12. The summed E-state index contributed by atoms with van der Waals surface area (Å²) in [5.41, 5.74) is 1.16. The van der Waals surface area contributed by atoms with Crippen molar-refractivity contribution in [1.29, 1.82) is 0 Å². The Hall–Kier alpha value is -1.35. The Morgan fingerprint density at radius 3 is 1.68 bits per heavy atom. The number of piperidine rings is 1. The average molecular weight is 318 g/mol. The summed E-state index contributed by atoms with van der Waals surface area (Å²) < 4.78 is 0. The van der Waals surface area contributed by atoms with Crippen LogP contribution in [-0.4, -0.2) is 25.2 Å². The number of benzene rings is 2. The van der Waals surface area contributed by atoms with E-state index >= 15 is 0 Å². The molecular weight excluding hydrogens is 294 g/mol. The van der Waals surface area contributed by atoms with Crippen molar-refractivity contribution in [2.24, 2.45) is 5.92 Å². The largest absolute Gasteiger partial charge is 1.00 e. The number of halogens is 1. The summed E-state index contributed by atoms with van der Waals surface area (Å²) in [5.74, 6) is 0.283. The summed E-state index contributed by atoms with van der Waals surface area (Å²) >= 11 is 0. The van der Waals surface area contributed by atoms with Crippen LogP contribution >= 0.6 is 0 Å². The molecule has 1 aliphatic rings. The van der Waals surface area contributed by atoms with Crippen LogP contribution in [0, 0.1) is 5.92 Å². The predicted molar refractivity (Wildman–Crippen MR) is 85.2 cm³/mol. The van der Waals surface area contributed by atoms with Gasteiger partial charge in [0.15, 0.2) is 0 Å². The lowest BCUT2D eigenvalue weighted by Crippen LogP contribution is -3.10. The van der Waals surface area contributed by atoms with Gasteiger partial charge in [-0.25, -0.2) is 0 Å². The zero-order chi connectivity index (χ0) is 14.7. The van der Waals surface area contributed by atoms with Crippen LogP contribution in [0.5, 0.6) is 0 Å². The predicted octanol–water partition coefficient (Wildman–Crippen LogP) is -1.15. The van der Waals surface area contributed by atoms with E-state index in [1.165, 1.54) is 0 Å². The molecule has 2 nitrogen and oxygen atoms in total. The fourth-order valence-corrected chi connectivity index (χ4v) is 3.55. The number of nitrogens with one attached hydrogen (secondary N) is 1. The lowest BCUT2D eigenvalue weighted by molar-refractivity contribution is -0.886. The molecule has 2 N–H and O–H groups in total. The normalized spacial score (nSPS) is 21.9. The Morgan fingerprint density at radius 1 is 0.864 bits per heavy atom. The van der Waals surface area contributed by atoms with Gasteiger partial charge < -0.3 is 22.4 Å². The van der Waals surface area contributed by atoms with Gasteiger partial charge in [-0.1, -0.05) is 60.7 Å². The second kappa shape index (κ2) is 7.28. The van der Waals surface area contributed by atoms with E-state index in [1.54, 1.807) is 4.90 Å². The zero-order valence-corrected chi connectivity index (χ0v) is 13.8. The van der Waals surface area contributed by atoms with Gasteiger partial charge in [0.1, 0.15) is 5.60 Å². The van der Waals surface area contributed by atoms with Crippen molar-refractivity contribution in [1.82, 2.24) is 0 Å². The molecule has 1 fully saturated rings. The number of quaternary nitrogens is 1. The molecule has 1 aliphatic heterocycles. The van der Waals surface area contributed by atoms with Crippen LogP contribution in [0.25, 0.3) is 0 Å². The van der Waals surface area contributed by atoms with Crippen molar-refractivity contribution >= 4 is 0 Å².